The predicted molar refractivity (Wildman–Crippen MR) is 104 cm³/mol. The van der Waals surface area contributed by atoms with Crippen LogP contribution in [0.3, 0.4) is 0 Å². The molecule has 0 amide bonds. The van der Waals surface area contributed by atoms with Crippen molar-refractivity contribution in [3.8, 4) is 28.6 Å². The fourth-order valence-electron chi connectivity index (χ4n) is 2.80. The number of carbonyl (C=O) groups is 1. The molecule has 0 fully saturated rings. The van der Waals surface area contributed by atoms with Gasteiger partial charge in [0.05, 0.1) is 30.1 Å². The quantitative estimate of drug-likeness (QED) is 0.651. The van der Waals surface area contributed by atoms with Crippen LogP contribution in [-0.4, -0.2) is 27.8 Å². The molecule has 7 nitrogen and oxygen atoms in total. The summed E-state index contributed by atoms with van der Waals surface area (Å²) >= 11 is 0. The van der Waals surface area contributed by atoms with Crippen molar-refractivity contribution in [2.45, 2.75) is 19.9 Å². The van der Waals surface area contributed by atoms with Gasteiger partial charge < -0.3 is 4.74 Å². The number of nitrogens with zero attached hydrogens (tertiary/aromatic N) is 4. The molecule has 2 aromatic heterocycles. The number of hydrogen-bond donors (Lipinski definition) is 0. The van der Waals surface area contributed by atoms with Crippen molar-refractivity contribution in [3.63, 3.8) is 0 Å². The van der Waals surface area contributed by atoms with Gasteiger partial charge in [-0.05, 0) is 26.0 Å². The molecular weight excluding hydrogens is 356 g/mol. The van der Waals surface area contributed by atoms with E-state index >= 15 is 0 Å². The molecule has 0 spiro atoms. The van der Waals surface area contributed by atoms with Crippen LogP contribution in [0.25, 0.3) is 22.5 Å². The lowest BCUT2D eigenvalue weighted by molar-refractivity contribution is 0.0594. The number of benzene rings is 1. The normalized spacial score (nSPS) is 10.5. The molecule has 0 saturated heterocycles. The Morgan fingerprint density at radius 3 is 2.50 bits per heavy atom. The first-order valence-electron chi connectivity index (χ1n) is 8.65. The van der Waals surface area contributed by atoms with E-state index in [1.165, 1.54) is 17.9 Å². The average Bonchev–Trinajstić information content (AvgIpc) is 2.73. The second-order valence-electron chi connectivity index (χ2n) is 6.35. The number of aromatic nitrogens is 3. The minimum absolute atomic E-state index is 0.0650. The molecule has 0 radical (unpaired) electrons. The van der Waals surface area contributed by atoms with Crippen molar-refractivity contribution >= 4 is 5.97 Å². The van der Waals surface area contributed by atoms with E-state index in [2.05, 4.69) is 10.1 Å². The Bertz CT molecular complexity index is 1130. The second kappa shape index (κ2) is 7.84. The van der Waals surface area contributed by atoms with Gasteiger partial charge in [-0.15, -0.1) is 0 Å². The zero-order valence-corrected chi connectivity index (χ0v) is 15.7. The van der Waals surface area contributed by atoms with Crippen LogP contribution in [0.5, 0.6) is 0 Å². The van der Waals surface area contributed by atoms with E-state index in [0.717, 1.165) is 5.56 Å². The number of carbonyl (C=O) groups excluding carboxylic acids is 1. The van der Waals surface area contributed by atoms with Crippen molar-refractivity contribution in [2.24, 2.45) is 0 Å². The summed E-state index contributed by atoms with van der Waals surface area (Å²) < 4.78 is 6.13. The summed E-state index contributed by atoms with van der Waals surface area (Å²) in [6.45, 7) is 3.71. The fourth-order valence-corrected chi connectivity index (χ4v) is 2.80. The maximum atomic E-state index is 12.1. The summed E-state index contributed by atoms with van der Waals surface area (Å²) in [5, 5.41) is 13.9. The molecule has 0 unspecified atom stereocenters. The van der Waals surface area contributed by atoms with Gasteiger partial charge >= 0.3 is 5.97 Å². The van der Waals surface area contributed by atoms with Crippen LogP contribution < -0.4 is 5.56 Å². The minimum atomic E-state index is -0.694. The van der Waals surface area contributed by atoms with Gasteiger partial charge in [-0.25, -0.2) is 14.5 Å². The SMILES string of the molecule is COC(=O)c1nc(-c2ccccc2)c(-c2ccc(=O)n(C(C)C)n2)cc1C#N. The Labute approximate surface area is 161 Å². The Morgan fingerprint density at radius 2 is 1.89 bits per heavy atom. The Balaban J connectivity index is 2.34. The zero-order chi connectivity index (χ0) is 20.3. The summed E-state index contributed by atoms with van der Waals surface area (Å²) in [5.74, 6) is -0.694. The molecule has 0 atom stereocenters. The molecule has 1 aromatic carbocycles. The Kier molecular flexibility index (Phi) is 5.32. The summed E-state index contributed by atoms with van der Waals surface area (Å²) in [6, 6.07) is 15.7. The third kappa shape index (κ3) is 3.53. The highest BCUT2D eigenvalue weighted by atomic mass is 16.5. The molecule has 0 aliphatic heterocycles. The maximum Gasteiger partial charge on any atom is 0.358 e. The lowest BCUT2D eigenvalue weighted by Crippen LogP contribution is -2.24. The van der Waals surface area contributed by atoms with Crippen molar-refractivity contribution in [1.29, 1.82) is 5.26 Å². The van der Waals surface area contributed by atoms with E-state index in [0.29, 0.717) is 17.0 Å². The molecule has 0 N–H and O–H groups in total. The number of ether oxygens (including phenoxy) is 1. The number of esters is 1. The molecule has 7 heteroatoms. The number of hydrogen-bond acceptors (Lipinski definition) is 6. The molecule has 0 saturated carbocycles. The van der Waals surface area contributed by atoms with E-state index in [4.69, 9.17) is 4.74 Å². The molecule has 3 rings (SSSR count). The summed E-state index contributed by atoms with van der Waals surface area (Å²) in [6.07, 6.45) is 0. The first kappa shape index (κ1) is 19.0. The van der Waals surface area contributed by atoms with Gasteiger partial charge in [0.1, 0.15) is 6.07 Å². The molecule has 140 valence electrons. The smallest absolute Gasteiger partial charge is 0.358 e. The number of methoxy groups -OCH3 is 1. The zero-order valence-electron chi connectivity index (χ0n) is 15.7. The second-order valence-corrected chi connectivity index (χ2v) is 6.35. The van der Waals surface area contributed by atoms with Gasteiger partial charge in [-0.1, -0.05) is 30.3 Å². The number of rotatable bonds is 4. The monoisotopic (exact) mass is 374 g/mol. The van der Waals surface area contributed by atoms with Crippen molar-refractivity contribution in [2.75, 3.05) is 7.11 Å². The molecular formula is C21H18N4O3. The number of nitriles is 1. The lowest BCUT2D eigenvalue weighted by atomic mass is 10.00. The van der Waals surface area contributed by atoms with Crippen LogP contribution in [-0.2, 0) is 4.74 Å². The van der Waals surface area contributed by atoms with Gasteiger partial charge in [-0.3, -0.25) is 4.79 Å². The van der Waals surface area contributed by atoms with Crippen molar-refractivity contribution < 1.29 is 9.53 Å². The van der Waals surface area contributed by atoms with Crippen LogP contribution in [0.15, 0.2) is 53.3 Å². The van der Waals surface area contributed by atoms with E-state index in [9.17, 15) is 14.9 Å². The third-order valence-electron chi connectivity index (χ3n) is 4.16. The average molecular weight is 374 g/mol. The number of pyridine rings is 1. The van der Waals surface area contributed by atoms with E-state index < -0.39 is 5.97 Å². The standard InChI is InChI=1S/C21H18N4O3/c1-13(2)25-18(26)10-9-17(24-25)16-11-15(12-22)20(21(27)28-3)23-19(16)14-7-5-4-6-8-14/h4-11,13H,1-3H3. The molecule has 0 aliphatic carbocycles. The summed E-state index contributed by atoms with van der Waals surface area (Å²) in [5.41, 5.74) is 2.03. The van der Waals surface area contributed by atoms with E-state index in [-0.39, 0.29) is 22.9 Å². The van der Waals surface area contributed by atoms with Crippen LogP contribution >= 0.6 is 0 Å². The lowest BCUT2D eigenvalue weighted by Gasteiger charge is -2.14. The Hall–Kier alpha value is -3.79. The van der Waals surface area contributed by atoms with Gasteiger partial charge in [0.2, 0.25) is 0 Å². The van der Waals surface area contributed by atoms with E-state index in [1.54, 1.807) is 12.1 Å². The van der Waals surface area contributed by atoms with Crippen LogP contribution in [0, 0.1) is 11.3 Å². The fraction of sp³-hybridized carbons (Fsp3) is 0.190. The molecule has 3 aromatic rings. The van der Waals surface area contributed by atoms with Gasteiger partial charge in [0.15, 0.2) is 5.69 Å². The summed E-state index contributed by atoms with van der Waals surface area (Å²) in [4.78, 5) is 28.6. The first-order chi connectivity index (χ1) is 13.5. The van der Waals surface area contributed by atoms with Crippen LogP contribution in [0.1, 0.15) is 35.9 Å². The molecule has 28 heavy (non-hydrogen) atoms. The first-order valence-corrected chi connectivity index (χ1v) is 8.65. The van der Waals surface area contributed by atoms with Gasteiger partial charge in [0.25, 0.3) is 5.56 Å². The maximum absolute atomic E-state index is 12.1. The third-order valence-corrected chi connectivity index (χ3v) is 4.16. The van der Waals surface area contributed by atoms with Crippen LogP contribution in [0.2, 0.25) is 0 Å². The van der Waals surface area contributed by atoms with Gasteiger partial charge in [0, 0.05) is 17.2 Å². The largest absolute Gasteiger partial charge is 0.464 e. The van der Waals surface area contributed by atoms with Crippen LogP contribution in [0.4, 0.5) is 0 Å². The van der Waals surface area contributed by atoms with Gasteiger partial charge in [-0.2, -0.15) is 10.4 Å². The highest BCUT2D eigenvalue weighted by Gasteiger charge is 2.21. The van der Waals surface area contributed by atoms with E-state index in [1.807, 2.05) is 50.2 Å². The molecule has 0 aliphatic rings. The molecule has 2 heterocycles. The predicted octanol–water partition coefficient (Wildman–Crippen LogP) is 3.21. The minimum Gasteiger partial charge on any atom is -0.464 e. The Morgan fingerprint density at radius 1 is 1.18 bits per heavy atom. The highest BCUT2D eigenvalue weighted by molar-refractivity contribution is 5.93. The highest BCUT2D eigenvalue weighted by Crippen LogP contribution is 2.31. The topological polar surface area (TPSA) is 97.9 Å². The van der Waals surface area contributed by atoms with Crippen molar-refractivity contribution in [3.05, 3.63) is 70.1 Å². The van der Waals surface area contributed by atoms with Crippen molar-refractivity contribution in [1.82, 2.24) is 14.8 Å². The summed E-state index contributed by atoms with van der Waals surface area (Å²) in [7, 11) is 1.24. The molecule has 0 bridgehead atoms.